The molecule has 2 fully saturated rings. The van der Waals surface area contributed by atoms with E-state index in [0.29, 0.717) is 24.8 Å². The molecule has 0 spiro atoms. The van der Waals surface area contributed by atoms with Crippen LogP contribution in [0.3, 0.4) is 0 Å². The summed E-state index contributed by atoms with van der Waals surface area (Å²) < 4.78 is 2.19. The fourth-order valence-corrected chi connectivity index (χ4v) is 5.19. The van der Waals surface area contributed by atoms with Crippen molar-refractivity contribution in [3.8, 4) is 0 Å². The third-order valence-corrected chi connectivity index (χ3v) is 7.29. The Balaban J connectivity index is 1.20. The number of anilines is 1. The van der Waals surface area contributed by atoms with E-state index in [2.05, 4.69) is 43.9 Å². The predicted molar refractivity (Wildman–Crippen MR) is 129 cm³/mol. The summed E-state index contributed by atoms with van der Waals surface area (Å²) in [7, 11) is 0. The molecule has 0 bridgehead atoms. The third-order valence-electron chi connectivity index (χ3n) is 6.02. The highest BCUT2D eigenvalue weighted by Gasteiger charge is 2.31. The number of thioether (sulfide) groups is 1. The molecule has 1 amide bonds. The summed E-state index contributed by atoms with van der Waals surface area (Å²) in [6.45, 7) is 3.72. The van der Waals surface area contributed by atoms with Crippen molar-refractivity contribution in [2.75, 3.05) is 36.8 Å². The molecule has 166 valence electrons. The number of hydrogen-bond acceptors (Lipinski definition) is 5. The molecule has 3 aromatic rings. The number of halogens is 1. The Hall–Kier alpha value is -2.51. The highest BCUT2D eigenvalue weighted by atomic mass is 35.5. The van der Waals surface area contributed by atoms with Crippen LogP contribution in [0.2, 0.25) is 5.02 Å². The number of nitrogens with zero attached hydrogens (tertiary/aromatic N) is 5. The molecule has 1 aromatic heterocycles. The summed E-state index contributed by atoms with van der Waals surface area (Å²) in [5, 5.41) is 10.5. The number of aromatic nitrogens is 3. The van der Waals surface area contributed by atoms with Gasteiger partial charge in [-0.3, -0.25) is 4.79 Å². The van der Waals surface area contributed by atoms with E-state index < -0.39 is 0 Å². The first kappa shape index (κ1) is 21.3. The van der Waals surface area contributed by atoms with Crippen molar-refractivity contribution in [3.63, 3.8) is 0 Å². The molecule has 0 atom stereocenters. The van der Waals surface area contributed by atoms with Crippen LogP contribution >= 0.6 is 23.4 Å². The second kappa shape index (κ2) is 9.55. The molecule has 2 aromatic carbocycles. The third kappa shape index (κ3) is 4.79. The van der Waals surface area contributed by atoms with Gasteiger partial charge >= 0.3 is 0 Å². The second-order valence-corrected chi connectivity index (χ2v) is 9.64. The van der Waals surface area contributed by atoms with Crippen molar-refractivity contribution in [3.05, 3.63) is 71.0 Å². The van der Waals surface area contributed by atoms with Crippen LogP contribution in [0, 0.1) is 0 Å². The Kier molecular flexibility index (Phi) is 6.37. The van der Waals surface area contributed by atoms with Gasteiger partial charge in [-0.25, -0.2) is 0 Å². The van der Waals surface area contributed by atoms with Crippen molar-refractivity contribution >= 4 is 35.0 Å². The van der Waals surface area contributed by atoms with Gasteiger partial charge < -0.3 is 14.4 Å². The van der Waals surface area contributed by atoms with Gasteiger partial charge in [0, 0.05) is 32.1 Å². The Labute approximate surface area is 197 Å². The number of carbonyl (C=O) groups excluding carboxylic acids is 1. The zero-order valence-electron chi connectivity index (χ0n) is 17.9. The topological polar surface area (TPSA) is 54.3 Å². The summed E-state index contributed by atoms with van der Waals surface area (Å²) in [5.74, 6) is 2.09. The van der Waals surface area contributed by atoms with E-state index in [4.69, 9.17) is 11.6 Å². The summed E-state index contributed by atoms with van der Waals surface area (Å²) >= 11 is 7.83. The Morgan fingerprint density at radius 1 is 0.969 bits per heavy atom. The van der Waals surface area contributed by atoms with Crippen molar-refractivity contribution in [1.82, 2.24) is 19.7 Å². The Morgan fingerprint density at radius 2 is 1.69 bits per heavy atom. The molecule has 1 aliphatic heterocycles. The number of carbonyl (C=O) groups is 1. The molecule has 0 unspecified atom stereocenters. The van der Waals surface area contributed by atoms with Crippen LogP contribution in [0.1, 0.15) is 30.1 Å². The maximum atomic E-state index is 12.9. The van der Waals surface area contributed by atoms with Crippen LogP contribution in [0.25, 0.3) is 0 Å². The van der Waals surface area contributed by atoms with E-state index in [-0.39, 0.29) is 5.91 Å². The van der Waals surface area contributed by atoms with Gasteiger partial charge in [-0.15, -0.1) is 10.2 Å². The lowest BCUT2D eigenvalue weighted by Gasteiger charge is -2.36. The van der Waals surface area contributed by atoms with Gasteiger partial charge in [0.25, 0.3) is 0 Å². The summed E-state index contributed by atoms with van der Waals surface area (Å²) in [5.41, 5.74) is 2.26. The number of piperazine rings is 1. The lowest BCUT2D eigenvalue weighted by Crippen LogP contribution is -2.49. The zero-order chi connectivity index (χ0) is 21.9. The molecule has 32 heavy (non-hydrogen) atoms. The van der Waals surface area contributed by atoms with E-state index in [1.54, 1.807) is 0 Å². The van der Waals surface area contributed by atoms with E-state index in [9.17, 15) is 4.79 Å². The molecule has 5 rings (SSSR count). The first-order chi connectivity index (χ1) is 15.7. The minimum Gasteiger partial charge on any atom is -0.367 e. The van der Waals surface area contributed by atoms with Crippen LogP contribution in [-0.4, -0.2) is 57.5 Å². The number of benzene rings is 2. The van der Waals surface area contributed by atoms with E-state index in [1.807, 2.05) is 35.2 Å². The van der Waals surface area contributed by atoms with E-state index in [0.717, 1.165) is 41.3 Å². The predicted octanol–water partition coefficient (Wildman–Crippen LogP) is 4.30. The Morgan fingerprint density at radius 3 is 2.41 bits per heavy atom. The SMILES string of the molecule is O=C(CSc1nnc(C2CC2)n1Cc1ccccc1)N1CCN(c2ccccc2Cl)CC1. The highest BCUT2D eigenvalue weighted by Crippen LogP contribution is 2.40. The average molecular weight is 468 g/mol. The normalized spacial score (nSPS) is 16.4. The molecule has 0 radical (unpaired) electrons. The van der Waals surface area contributed by atoms with Gasteiger partial charge in [-0.2, -0.15) is 0 Å². The Bertz CT molecular complexity index is 1080. The molecule has 0 N–H and O–H groups in total. The summed E-state index contributed by atoms with van der Waals surface area (Å²) in [6.07, 6.45) is 2.35. The van der Waals surface area contributed by atoms with Gasteiger partial charge in [-0.05, 0) is 30.5 Å². The zero-order valence-corrected chi connectivity index (χ0v) is 19.4. The molecule has 1 saturated carbocycles. The molecule has 8 heteroatoms. The van der Waals surface area contributed by atoms with Crippen molar-refractivity contribution < 1.29 is 4.79 Å². The van der Waals surface area contributed by atoms with E-state index in [1.165, 1.54) is 30.2 Å². The number of hydrogen-bond donors (Lipinski definition) is 0. The molecule has 2 aliphatic rings. The van der Waals surface area contributed by atoms with Crippen LogP contribution in [-0.2, 0) is 11.3 Å². The number of para-hydroxylation sites is 1. The molecule has 1 saturated heterocycles. The van der Waals surface area contributed by atoms with Crippen LogP contribution < -0.4 is 4.90 Å². The molecular formula is C24H26ClN5OS. The first-order valence-electron chi connectivity index (χ1n) is 11.1. The molecule has 2 heterocycles. The number of amides is 1. The largest absolute Gasteiger partial charge is 0.367 e. The van der Waals surface area contributed by atoms with Gasteiger partial charge in [0.1, 0.15) is 5.82 Å². The van der Waals surface area contributed by atoms with Gasteiger partial charge in [0.15, 0.2) is 5.16 Å². The fraction of sp³-hybridized carbons (Fsp3) is 0.375. The molecular weight excluding hydrogens is 442 g/mol. The summed E-state index contributed by atoms with van der Waals surface area (Å²) in [4.78, 5) is 17.1. The van der Waals surface area contributed by atoms with Crippen LogP contribution in [0.15, 0.2) is 59.8 Å². The van der Waals surface area contributed by atoms with Crippen molar-refractivity contribution in [2.45, 2.75) is 30.5 Å². The average Bonchev–Trinajstić information content (AvgIpc) is 3.60. The minimum atomic E-state index is 0.149. The summed E-state index contributed by atoms with van der Waals surface area (Å²) in [6, 6.07) is 18.2. The van der Waals surface area contributed by atoms with Gasteiger partial charge in [0.2, 0.25) is 5.91 Å². The van der Waals surface area contributed by atoms with Gasteiger partial charge in [0.05, 0.1) is 23.0 Å². The highest BCUT2D eigenvalue weighted by molar-refractivity contribution is 7.99. The monoisotopic (exact) mass is 467 g/mol. The van der Waals surface area contributed by atoms with Crippen LogP contribution in [0.5, 0.6) is 0 Å². The van der Waals surface area contributed by atoms with Crippen molar-refractivity contribution in [1.29, 1.82) is 0 Å². The lowest BCUT2D eigenvalue weighted by atomic mass is 10.2. The lowest BCUT2D eigenvalue weighted by molar-refractivity contribution is -0.128. The molecule has 6 nitrogen and oxygen atoms in total. The maximum absolute atomic E-state index is 12.9. The first-order valence-corrected chi connectivity index (χ1v) is 12.4. The smallest absolute Gasteiger partial charge is 0.233 e. The van der Waals surface area contributed by atoms with Crippen LogP contribution in [0.4, 0.5) is 5.69 Å². The maximum Gasteiger partial charge on any atom is 0.233 e. The number of rotatable bonds is 7. The van der Waals surface area contributed by atoms with E-state index >= 15 is 0 Å². The standard InChI is InChI=1S/C24H26ClN5OS/c25-20-8-4-5-9-21(20)28-12-14-29(15-13-28)22(31)17-32-24-27-26-23(19-10-11-19)30(24)16-18-6-2-1-3-7-18/h1-9,19H,10-17H2. The fourth-order valence-electron chi connectivity index (χ4n) is 4.09. The second-order valence-electron chi connectivity index (χ2n) is 8.29. The van der Waals surface area contributed by atoms with Gasteiger partial charge in [-0.1, -0.05) is 65.8 Å². The van der Waals surface area contributed by atoms with Crippen molar-refractivity contribution in [2.24, 2.45) is 0 Å². The quantitative estimate of drug-likeness (QED) is 0.485. The molecule has 1 aliphatic carbocycles. The minimum absolute atomic E-state index is 0.149.